The molecule has 0 heterocycles. The van der Waals surface area contributed by atoms with Crippen molar-refractivity contribution in [2.75, 3.05) is 16.4 Å². The minimum absolute atomic E-state index is 0.114. The smallest absolute Gasteiger partial charge is 0.271 e. The van der Waals surface area contributed by atoms with Crippen LogP contribution in [0.1, 0.15) is 20.7 Å². The Bertz CT molecular complexity index is 1380. The van der Waals surface area contributed by atoms with E-state index in [0.29, 0.717) is 22.6 Å². The fourth-order valence-electron chi connectivity index (χ4n) is 2.92. The van der Waals surface area contributed by atoms with Gasteiger partial charge in [0, 0.05) is 40.3 Å². The summed E-state index contributed by atoms with van der Waals surface area (Å²) in [5.74, 6) is -1.56. The Kier molecular flexibility index (Phi) is 8.39. The van der Waals surface area contributed by atoms with E-state index < -0.39 is 16.6 Å². The van der Waals surface area contributed by atoms with E-state index >= 15 is 0 Å². The summed E-state index contributed by atoms with van der Waals surface area (Å²) >= 11 is 0. The first-order valence-electron chi connectivity index (χ1n) is 10.4. The van der Waals surface area contributed by atoms with Crippen molar-refractivity contribution >= 4 is 34.6 Å². The first-order valence-corrected chi connectivity index (χ1v) is 10.4. The van der Waals surface area contributed by atoms with E-state index in [0.717, 1.165) is 0 Å². The Morgan fingerprint density at radius 3 is 1.58 bits per heavy atom. The summed E-state index contributed by atoms with van der Waals surface area (Å²) in [6.45, 7) is 0. The molecule has 0 unspecified atom stereocenters. The summed E-state index contributed by atoms with van der Waals surface area (Å²) in [6, 6.07) is 22.8. The quantitative estimate of drug-likeness (QED) is 0.189. The molecule has 10 heteroatoms. The van der Waals surface area contributed by atoms with Crippen LogP contribution in [0.15, 0.2) is 97.1 Å². The van der Waals surface area contributed by atoms with Crippen molar-refractivity contribution in [2.24, 2.45) is 0 Å². The number of nitrogens with zero attached hydrogens (tertiary/aromatic N) is 1. The van der Waals surface area contributed by atoms with E-state index in [-0.39, 0.29) is 23.0 Å². The van der Waals surface area contributed by atoms with Gasteiger partial charge in [-0.05, 0) is 72.8 Å². The third kappa shape index (κ3) is 7.45. The second kappa shape index (κ2) is 11.8. The molecule has 4 aromatic carbocycles. The van der Waals surface area contributed by atoms with Gasteiger partial charge in [0.15, 0.2) is 0 Å². The predicted molar refractivity (Wildman–Crippen MR) is 133 cm³/mol. The van der Waals surface area contributed by atoms with Gasteiger partial charge in [-0.15, -0.1) is 0 Å². The number of benzene rings is 4. The average molecular weight is 490 g/mol. The van der Waals surface area contributed by atoms with Gasteiger partial charge in [-0.25, -0.2) is 8.78 Å². The molecule has 4 rings (SSSR count). The zero-order chi connectivity index (χ0) is 26.1. The number of carbonyl (C=O) groups is 2. The predicted octanol–water partition coefficient (Wildman–Crippen LogP) is 5.65. The minimum atomic E-state index is -0.548. The van der Waals surface area contributed by atoms with Gasteiger partial charge in [-0.1, -0.05) is 12.1 Å². The topological polar surface area (TPSA) is 127 Å². The largest absolute Gasteiger partial charge is 0.399 e. The number of amides is 2. The monoisotopic (exact) mass is 490 g/mol. The van der Waals surface area contributed by atoms with Gasteiger partial charge in [0.2, 0.25) is 0 Å². The molecule has 4 aromatic rings. The molecule has 0 spiro atoms. The molecular formula is C26H20F2N4O4. The molecule has 4 N–H and O–H groups in total. The fraction of sp³-hybridized carbons (Fsp3) is 0. The number of hydrogen-bond acceptors (Lipinski definition) is 5. The maximum atomic E-state index is 12.7. The van der Waals surface area contributed by atoms with E-state index in [1.165, 1.54) is 72.8 Å². The van der Waals surface area contributed by atoms with Crippen molar-refractivity contribution in [3.05, 3.63) is 130 Å². The highest BCUT2D eigenvalue weighted by molar-refractivity contribution is 6.05. The summed E-state index contributed by atoms with van der Waals surface area (Å²) in [5, 5.41) is 15.8. The van der Waals surface area contributed by atoms with Gasteiger partial charge in [0.05, 0.1) is 4.92 Å². The summed E-state index contributed by atoms with van der Waals surface area (Å²) in [4.78, 5) is 33.6. The standard InChI is InChI=1S/C13H9FN2O3.C13H11FN2O/c14-10-6-4-9(5-7-10)13(17)15-11-2-1-3-12(8-11)16(18)19;14-10-6-4-9(5-7-10)13(17)16-12-3-1-2-11(15)8-12/h1-8H,(H,15,17);1-8H,15H2,(H,16,17). The van der Waals surface area contributed by atoms with E-state index in [9.17, 15) is 28.5 Å². The lowest BCUT2D eigenvalue weighted by atomic mass is 10.2. The second-order valence-electron chi connectivity index (χ2n) is 7.35. The van der Waals surface area contributed by atoms with Crippen LogP contribution >= 0.6 is 0 Å². The molecule has 0 atom stereocenters. The Morgan fingerprint density at radius 2 is 1.14 bits per heavy atom. The number of nitrogens with one attached hydrogen (secondary N) is 2. The fourth-order valence-corrected chi connectivity index (χ4v) is 2.92. The number of non-ortho nitro benzene ring substituents is 1. The highest BCUT2D eigenvalue weighted by atomic mass is 19.1. The Morgan fingerprint density at radius 1 is 0.694 bits per heavy atom. The zero-order valence-electron chi connectivity index (χ0n) is 18.7. The summed E-state index contributed by atoms with van der Waals surface area (Å²) < 4.78 is 25.4. The number of nitrogen functional groups attached to an aromatic ring is 1. The maximum Gasteiger partial charge on any atom is 0.271 e. The summed E-state index contributed by atoms with van der Waals surface area (Å²) in [6.07, 6.45) is 0. The zero-order valence-corrected chi connectivity index (χ0v) is 18.7. The van der Waals surface area contributed by atoms with E-state index in [1.54, 1.807) is 24.3 Å². The molecule has 182 valence electrons. The van der Waals surface area contributed by atoms with Crippen LogP contribution in [0.2, 0.25) is 0 Å². The molecule has 0 bridgehead atoms. The van der Waals surface area contributed by atoms with Gasteiger partial charge in [0.25, 0.3) is 17.5 Å². The molecule has 0 saturated carbocycles. The first-order chi connectivity index (χ1) is 17.2. The highest BCUT2D eigenvalue weighted by Gasteiger charge is 2.10. The van der Waals surface area contributed by atoms with E-state index in [2.05, 4.69) is 10.6 Å². The third-order valence-corrected chi connectivity index (χ3v) is 4.67. The minimum Gasteiger partial charge on any atom is -0.399 e. The SMILES string of the molecule is Nc1cccc(NC(=O)c2ccc(F)cc2)c1.O=C(Nc1cccc([N+](=O)[O-])c1)c1ccc(F)cc1. The van der Waals surface area contributed by atoms with Crippen molar-refractivity contribution in [2.45, 2.75) is 0 Å². The van der Waals surface area contributed by atoms with Gasteiger partial charge >= 0.3 is 0 Å². The van der Waals surface area contributed by atoms with Crippen LogP contribution in [-0.4, -0.2) is 16.7 Å². The summed E-state index contributed by atoms with van der Waals surface area (Å²) in [5.41, 5.74) is 7.64. The van der Waals surface area contributed by atoms with Crippen LogP contribution in [0.25, 0.3) is 0 Å². The lowest BCUT2D eigenvalue weighted by molar-refractivity contribution is -0.384. The van der Waals surface area contributed by atoms with E-state index in [1.807, 2.05) is 0 Å². The Hall–Kier alpha value is -5.12. The molecule has 0 saturated heterocycles. The number of anilines is 3. The Labute approximate surface area is 204 Å². The van der Waals surface area contributed by atoms with Crippen LogP contribution < -0.4 is 16.4 Å². The molecule has 36 heavy (non-hydrogen) atoms. The van der Waals surface area contributed by atoms with Gasteiger partial charge in [0.1, 0.15) is 11.6 Å². The number of nitro benzene ring substituents is 1. The van der Waals surface area contributed by atoms with Crippen molar-refractivity contribution in [3.63, 3.8) is 0 Å². The Balaban J connectivity index is 0.000000202. The van der Waals surface area contributed by atoms with Crippen LogP contribution in [0.3, 0.4) is 0 Å². The summed E-state index contributed by atoms with van der Waals surface area (Å²) in [7, 11) is 0. The molecule has 0 fully saturated rings. The number of carbonyl (C=O) groups excluding carboxylic acids is 2. The third-order valence-electron chi connectivity index (χ3n) is 4.67. The van der Waals surface area contributed by atoms with Crippen molar-refractivity contribution in [1.29, 1.82) is 0 Å². The molecule has 0 aromatic heterocycles. The van der Waals surface area contributed by atoms with Crippen LogP contribution in [0.5, 0.6) is 0 Å². The van der Waals surface area contributed by atoms with Crippen LogP contribution in [0.4, 0.5) is 31.5 Å². The lowest BCUT2D eigenvalue weighted by Crippen LogP contribution is -2.11. The van der Waals surface area contributed by atoms with Crippen molar-refractivity contribution in [1.82, 2.24) is 0 Å². The second-order valence-corrected chi connectivity index (χ2v) is 7.35. The number of nitro groups is 1. The average Bonchev–Trinajstić information content (AvgIpc) is 2.85. The number of nitrogens with two attached hydrogens (primary N) is 1. The highest BCUT2D eigenvalue weighted by Crippen LogP contribution is 2.18. The molecular weight excluding hydrogens is 470 g/mol. The molecule has 0 aliphatic rings. The van der Waals surface area contributed by atoms with E-state index in [4.69, 9.17) is 5.73 Å². The molecule has 0 aliphatic carbocycles. The molecule has 8 nitrogen and oxygen atoms in total. The van der Waals surface area contributed by atoms with Gasteiger partial charge in [-0.3, -0.25) is 19.7 Å². The number of rotatable bonds is 5. The van der Waals surface area contributed by atoms with Gasteiger partial charge < -0.3 is 16.4 Å². The van der Waals surface area contributed by atoms with Gasteiger partial charge in [-0.2, -0.15) is 0 Å². The first kappa shape index (κ1) is 25.5. The molecule has 0 radical (unpaired) electrons. The number of hydrogen-bond donors (Lipinski definition) is 3. The maximum absolute atomic E-state index is 12.7. The normalized spacial score (nSPS) is 9.94. The molecule has 2 amide bonds. The van der Waals surface area contributed by atoms with Crippen molar-refractivity contribution < 1.29 is 23.3 Å². The van der Waals surface area contributed by atoms with Crippen molar-refractivity contribution in [3.8, 4) is 0 Å². The molecule has 0 aliphatic heterocycles. The van der Waals surface area contributed by atoms with Crippen LogP contribution in [-0.2, 0) is 0 Å². The van der Waals surface area contributed by atoms with Crippen LogP contribution in [0, 0.1) is 21.7 Å². The number of halogens is 2. The lowest BCUT2D eigenvalue weighted by Gasteiger charge is -2.05.